The molecule has 0 spiro atoms. The number of hydrogen-bond donors (Lipinski definition) is 0. The molecule has 1 aromatic carbocycles. The smallest absolute Gasteiger partial charge is 0.175 e. The maximum Gasteiger partial charge on any atom is 0.175 e. The van der Waals surface area contributed by atoms with Gasteiger partial charge in [-0.3, -0.25) is 4.79 Å². The number of nitrogens with zero attached hydrogens (tertiary/aromatic N) is 1. The highest BCUT2D eigenvalue weighted by Crippen LogP contribution is 2.18. The minimum absolute atomic E-state index is 0.0349. The summed E-state index contributed by atoms with van der Waals surface area (Å²) in [5.74, 6) is 1.26. The third-order valence-electron chi connectivity index (χ3n) is 3.83. The largest absolute Gasteiger partial charge is 0.303 e. The van der Waals surface area contributed by atoms with Crippen LogP contribution in [0, 0.1) is 13.8 Å². The highest BCUT2D eigenvalue weighted by molar-refractivity contribution is 8.00. The van der Waals surface area contributed by atoms with Gasteiger partial charge in [-0.2, -0.15) is 0 Å². The molecule has 2 nitrogen and oxygen atoms in total. The highest BCUT2D eigenvalue weighted by atomic mass is 32.2. The second kappa shape index (κ2) is 8.48. The Bertz CT molecular complexity index is 441. The molecule has 0 saturated heterocycles. The van der Waals surface area contributed by atoms with Gasteiger partial charge < -0.3 is 4.90 Å². The van der Waals surface area contributed by atoms with Gasteiger partial charge in [0.1, 0.15) is 0 Å². The van der Waals surface area contributed by atoms with Crippen molar-refractivity contribution in [1.82, 2.24) is 4.90 Å². The molecule has 0 bridgehead atoms. The normalized spacial score (nSPS) is 12.7. The molecular weight excluding hydrogens is 266 g/mol. The van der Waals surface area contributed by atoms with Crippen molar-refractivity contribution in [1.29, 1.82) is 0 Å². The summed E-state index contributed by atoms with van der Waals surface area (Å²) in [6.07, 6.45) is 0. The topological polar surface area (TPSA) is 20.3 Å². The molecule has 1 aromatic rings. The Morgan fingerprint density at radius 3 is 2.40 bits per heavy atom. The van der Waals surface area contributed by atoms with Gasteiger partial charge >= 0.3 is 0 Å². The Hall–Kier alpha value is -0.800. The molecule has 0 aliphatic rings. The van der Waals surface area contributed by atoms with Crippen LogP contribution in [-0.4, -0.2) is 41.3 Å². The van der Waals surface area contributed by atoms with Crippen LogP contribution in [0.25, 0.3) is 0 Å². The SMILES string of the molecule is CCN(CC)CCSC(C)C(=O)c1ccc(C)c(C)c1. The van der Waals surface area contributed by atoms with E-state index in [0.29, 0.717) is 0 Å². The van der Waals surface area contributed by atoms with Gasteiger partial charge in [-0.15, -0.1) is 11.8 Å². The van der Waals surface area contributed by atoms with Crippen molar-refractivity contribution in [3.05, 3.63) is 34.9 Å². The molecule has 0 saturated carbocycles. The van der Waals surface area contributed by atoms with Crippen molar-refractivity contribution in [2.45, 2.75) is 39.9 Å². The number of ketones is 1. The molecule has 1 unspecified atom stereocenters. The van der Waals surface area contributed by atoms with E-state index in [1.54, 1.807) is 11.8 Å². The van der Waals surface area contributed by atoms with Crippen LogP contribution in [0.5, 0.6) is 0 Å². The van der Waals surface area contributed by atoms with Crippen LogP contribution in [-0.2, 0) is 0 Å². The Labute approximate surface area is 127 Å². The number of Topliss-reactive ketones (excluding diaryl/α,β-unsaturated/α-hetero) is 1. The second-order valence-corrected chi connectivity index (χ2v) is 6.65. The average molecular weight is 293 g/mol. The Morgan fingerprint density at radius 2 is 1.85 bits per heavy atom. The molecule has 0 amide bonds. The van der Waals surface area contributed by atoms with Crippen LogP contribution in [0.1, 0.15) is 42.3 Å². The molecule has 0 aliphatic carbocycles. The van der Waals surface area contributed by atoms with Crippen molar-refractivity contribution in [3.63, 3.8) is 0 Å². The van der Waals surface area contributed by atoms with Crippen molar-refractivity contribution in [2.24, 2.45) is 0 Å². The first-order valence-corrected chi connectivity index (χ1v) is 8.49. The fraction of sp³-hybridized carbons (Fsp3) is 0.588. The van der Waals surface area contributed by atoms with Crippen molar-refractivity contribution < 1.29 is 4.79 Å². The number of carbonyl (C=O) groups is 1. The standard InChI is InChI=1S/C17H27NOS/c1-6-18(7-2)10-11-20-15(5)17(19)16-9-8-13(3)14(4)12-16/h8-9,12,15H,6-7,10-11H2,1-5H3. The molecule has 112 valence electrons. The molecule has 0 aliphatic heterocycles. The summed E-state index contributed by atoms with van der Waals surface area (Å²) in [6.45, 7) is 13.7. The molecule has 20 heavy (non-hydrogen) atoms. The Morgan fingerprint density at radius 1 is 1.20 bits per heavy atom. The van der Waals surface area contributed by atoms with E-state index in [-0.39, 0.29) is 11.0 Å². The zero-order valence-electron chi connectivity index (χ0n) is 13.4. The molecular formula is C17H27NOS. The lowest BCUT2D eigenvalue weighted by molar-refractivity contribution is 0.0994. The molecule has 3 heteroatoms. The van der Waals surface area contributed by atoms with E-state index in [1.165, 1.54) is 11.1 Å². The molecule has 0 fully saturated rings. The average Bonchev–Trinajstić information content (AvgIpc) is 2.45. The Balaban J connectivity index is 2.52. The number of hydrogen-bond acceptors (Lipinski definition) is 3. The zero-order valence-corrected chi connectivity index (χ0v) is 14.2. The predicted octanol–water partition coefficient (Wildman–Crippen LogP) is 3.95. The van der Waals surface area contributed by atoms with E-state index >= 15 is 0 Å². The number of benzene rings is 1. The predicted molar refractivity (Wildman–Crippen MR) is 90.0 cm³/mol. The number of thioether (sulfide) groups is 1. The zero-order chi connectivity index (χ0) is 15.1. The van der Waals surface area contributed by atoms with Gasteiger partial charge in [-0.05, 0) is 51.1 Å². The van der Waals surface area contributed by atoms with Crippen molar-refractivity contribution in [3.8, 4) is 0 Å². The van der Waals surface area contributed by atoms with Crippen LogP contribution in [0.15, 0.2) is 18.2 Å². The number of rotatable bonds is 8. The first kappa shape index (κ1) is 17.3. The lowest BCUT2D eigenvalue weighted by atomic mass is 10.0. The van der Waals surface area contributed by atoms with Crippen LogP contribution < -0.4 is 0 Å². The quantitative estimate of drug-likeness (QED) is 0.677. The molecule has 1 atom stereocenters. The van der Waals surface area contributed by atoms with Gasteiger partial charge in [0.15, 0.2) is 5.78 Å². The van der Waals surface area contributed by atoms with Gasteiger partial charge in [0.05, 0.1) is 5.25 Å². The lowest BCUT2D eigenvalue weighted by Crippen LogP contribution is -2.26. The monoisotopic (exact) mass is 293 g/mol. The summed E-state index contributed by atoms with van der Waals surface area (Å²) >= 11 is 1.76. The van der Waals surface area contributed by atoms with Crippen LogP contribution in [0.3, 0.4) is 0 Å². The number of carbonyl (C=O) groups excluding carboxylic acids is 1. The molecule has 0 radical (unpaired) electrons. The third kappa shape index (κ3) is 4.95. The summed E-state index contributed by atoms with van der Waals surface area (Å²) in [6, 6.07) is 6.00. The van der Waals surface area contributed by atoms with Crippen LogP contribution >= 0.6 is 11.8 Å². The first-order chi connectivity index (χ1) is 9.49. The minimum Gasteiger partial charge on any atom is -0.303 e. The van der Waals surface area contributed by atoms with Crippen LogP contribution in [0.4, 0.5) is 0 Å². The van der Waals surface area contributed by atoms with E-state index in [4.69, 9.17) is 0 Å². The van der Waals surface area contributed by atoms with E-state index in [2.05, 4.69) is 32.6 Å². The minimum atomic E-state index is 0.0349. The van der Waals surface area contributed by atoms with Crippen LogP contribution in [0.2, 0.25) is 0 Å². The maximum absolute atomic E-state index is 12.4. The lowest BCUT2D eigenvalue weighted by Gasteiger charge is -2.18. The molecule has 0 N–H and O–H groups in total. The van der Waals surface area contributed by atoms with Gasteiger partial charge in [-0.1, -0.05) is 26.0 Å². The molecule has 0 heterocycles. The second-order valence-electron chi connectivity index (χ2n) is 5.20. The summed E-state index contributed by atoms with van der Waals surface area (Å²) in [7, 11) is 0. The number of aryl methyl sites for hydroxylation is 2. The van der Waals surface area contributed by atoms with E-state index in [9.17, 15) is 4.79 Å². The van der Waals surface area contributed by atoms with Gasteiger partial charge in [0.25, 0.3) is 0 Å². The van der Waals surface area contributed by atoms with Gasteiger partial charge in [0.2, 0.25) is 0 Å². The Kier molecular flexibility index (Phi) is 7.31. The van der Waals surface area contributed by atoms with E-state index in [1.807, 2.05) is 25.1 Å². The summed E-state index contributed by atoms with van der Waals surface area (Å²) in [5.41, 5.74) is 3.27. The fourth-order valence-electron chi connectivity index (χ4n) is 2.10. The maximum atomic E-state index is 12.4. The summed E-state index contributed by atoms with van der Waals surface area (Å²) < 4.78 is 0. The summed E-state index contributed by atoms with van der Waals surface area (Å²) in [4.78, 5) is 14.8. The third-order valence-corrected chi connectivity index (χ3v) is 4.96. The fourth-order valence-corrected chi connectivity index (χ4v) is 3.11. The van der Waals surface area contributed by atoms with Crippen molar-refractivity contribution in [2.75, 3.05) is 25.4 Å². The molecule has 1 rings (SSSR count). The van der Waals surface area contributed by atoms with Gasteiger partial charge in [0, 0.05) is 17.9 Å². The van der Waals surface area contributed by atoms with E-state index in [0.717, 1.165) is 31.0 Å². The summed E-state index contributed by atoms with van der Waals surface area (Å²) in [5, 5.41) is 0.0349. The van der Waals surface area contributed by atoms with Crippen molar-refractivity contribution >= 4 is 17.5 Å². The van der Waals surface area contributed by atoms with E-state index < -0.39 is 0 Å². The van der Waals surface area contributed by atoms with Gasteiger partial charge in [-0.25, -0.2) is 0 Å². The molecule has 0 aromatic heterocycles. The highest BCUT2D eigenvalue weighted by Gasteiger charge is 2.16. The first-order valence-electron chi connectivity index (χ1n) is 7.45.